The molecule has 1 unspecified atom stereocenters. The number of nitrogens with zero attached hydrogens (tertiary/aromatic N) is 2. The summed E-state index contributed by atoms with van der Waals surface area (Å²) in [6, 6.07) is 17.7. The molecule has 1 aliphatic heterocycles. The van der Waals surface area contributed by atoms with Crippen molar-refractivity contribution in [1.82, 2.24) is 20.4 Å². The van der Waals surface area contributed by atoms with Gasteiger partial charge in [0.15, 0.2) is 0 Å². The van der Waals surface area contributed by atoms with Gasteiger partial charge in [0.25, 0.3) is 0 Å². The predicted molar refractivity (Wildman–Crippen MR) is 119 cm³/mol. The number of carbonyl (C=O) groups excluding carboxylic acids is 2. The summed E-state index contributed by atoms with van der Waals surface area (Å²) in [6.45, 7) is 7.27. The number of hydrogen-bond donors (Lipinski definition) is 2. The Hall–Kier alpha value is -2.70. The smallest absolute Gasteiger partial charge is 0.222 e. The Kier molecular flexibility index (Phi) is 7.99. The highest BCUT2D eigenvalue weighted by molar-refractivity contribution is 5.79. The lowest BCUT2D eigenvalue weighted by atomic mass is 10.0. The molecule has 0 bridgehead atoms. The number of carbonyl (C=O) groups is 2. The van der Waals surface area contributed by atoms with E-state index in [-0.39, 0.29) is 24.3 Å². The first-order valence-electron chi connectivity index (χ1n) is 10.6. The molecule has 0 radical (unpaired) electrons. The van der Waals surface area contributed by atoms with Crippen molar-refractivity contribution >= 4 is 11.8 Å². The molecule has 6 nitrogen and oxygen atoms in total. The zero-order chi connectivity index (χ0) is 21.3. The normalized spacial score (nSPS) is 16.1. The van der Waals surface area contributed by atoms with Crippen LogP contribution < -0.4 is 10.6 Å². The summed E-state index contributed by atoms with van der Waals surface area (Å²) < 4.78 is 0. The molecule has 1 saturated heterocycles. The van der Waals surface area contributed by atoms with Gasteiger partial charge in [-0.3, -0.25) is 14.5 Å². The third-order valence-electron chi connectivity index (χ3n) is 5.45. The first kappa shape index (κ1) is 22.0. The number of nitrogens with one attached hydrogen (secondary N) is 2. The van der Waals surface area contributed by atoms with Crippen molar-refractivity contribution in [2.75, 3.05) is 33.2 Å². The second-order valence-corrected chi connectivity index (χ2v) is 8.04. The van der Waals surface area contributed by atoms with Gasteiger partial charge in [0.05, 0.1) is 12.5 Å². The first-order chi connectivity index (χ1) is 14.5. The molecule has 6 heteroatoms. The molecule has 0 aliphatic carbocycles. The van der Waals surface area contributed by atoms with Crippen molar-refractivity contribution in [1.29, 1.82) is 0 Å². The summed E-state index contributed by atoms with van der Waals surface area (Å²) in [4.78, 5) is 28.9. The molecule has 0 aromatic heterocycles. The lowest BCUT2D eigenvalue weighted by Crippen LogP contribution is -2.43. The molecule has 0 saturated carbocycles. The fourth-order valence-corrected chi connectivity index (χ4v) is 3.74. The third kappa shape index (κ3) is 6.97. The van der Waals surface area contributed by atoms with Gasteiger partial charge in [0, 0.05) is 46.2 Å². The molecule has 30 heavy (non-hydrogen) atoms. The molecular weight excluding hydrogens is 376 g/mol. The molecule has 2 amide bonds. The molecule has 1 fully saturated rings. The monoisotopic (exact) mass is 408 g/mol. The number of hydrogen-bond acceptors (Lipinski definition) is 4. The minimum atomic E-state index is -0.327. The Labute approximate surface area is 179 Å². The van der Waals surface area contributed by atoms with Gasteiger partial charge in [-0.15, -0.1) is 0 Å². The minimum Gasteiger partial charge on any atom is -0.352 e. The average Bonchev–Trinajstić information content (AvgIpc) is 2.74. The molecule has 1 heterocycles. The van der Waals surface area contributed by atoms with Crippen molar-refractivity contribution in [3.05, 3.63) is 71.3 Å². The van der Waals surface area contributed by atoms with Crippen LogP contribution in [0.3, 0.4) is 0 Å². The van der Waals surface area contributed by atoms with E-state index >= 15 is 0 Å². The van der Waals surface area contributed by atoms with Crippen LogP contribution in [0.15, 0.2) is 54.6 Å². The standard InChI is InChI=1S/C24H32N4O2/c1-19(29)26-23(22-9-4-3-5-10-22)16-24(30)25-17-20-7-6-8-21(15-20)18-28-13-11-27(2)12-14-28/h3-10,15,23H,11-14,16-18H2,1-2H3,(H,25,30)(H,26,29). The van der Waals surface area contributed by atoms with Crippen LogP contribution in [-0.2, 0) is 22.7 Å². The van der Waals surface area contributed by atoms with Crippen LogP contribution in [0.1, 0.15) is 36.1 Å². The summed E-state index contributed by atoms with van der Waals surface area (Å²) in [7, 11) is 2.16. The molecule has 2 aromatic carbocycles. The van der Waals surface area contributed by atoms with E-state index in [0.717, 1.165) is 43.9 Å². The van der Waals surface area contributed by atoms with E-state index in [9.17, 15) is 9.59 Å². The van der Waals surface area contributed by atoms with Gasteiger partial charge in [0.2, 0.25) is 11.8 Å². The second kappa shape index (κ2) is 10.9. The summed E-state index contributed by atoms with van der Waals surface area (Å²) in [5.41, 5.74) is 3.29. The molecule has 1 atom stereocenters. The van der Waals surface area contributed by atoms with Gasteiger partial charge < -0.3 is 15.5 Å². The second-order valence-electron chi connectivity index (χ2n) is 8.04. The van der Waals surface area contributed by atoms with E-state index in [1.807, 2.05) is 36.4 Å². The van der Waals surface area contributed by atoms with Crippen LogP contribution in [0.2, 0.25) is 0 Å². The molecule has 0 spiro atoms. The molecule has 2 aromatic rings. The summed E-state index contributed by atoms with van der Waals surface area (Å²) in [6.07, 6.45) is 0.213. The summed E-state index contributed by atoms with van der Waals surface area (Å²) in [5.74, 6) is -0.227. The highest BCUT2D eigenvalue weighted by Gasteiger charge is 2.17. The van der Waals surface area contributed by atoms with Crippen molar-refractivity contribution in [2.24, 2.45) is 0 Å². The SMILES string of the molecule is CC(=O)NC(CC(=O)NCc1cccc(CN2CCN(C)CC2)c1)c1ccccc1. The van der Waals surface area contributed by atoms with Crippen LogP contribution in [0.25, 0.3) is 0 Å². The number of rotatable bonds is 8. The Bertz CT molecular complexity index is 832. The van der Waals surface area contributed by atoms with Gasteiger partial charge in [-0.2, -0.15) is 0 Å². The Morgan fingerprint density at radius 3 is 2.37 bits per heavy atom. The largest absolute Gasteiger partial charge is 0.352 e. The maximum absolute atomic E-state index is 12.5. The topological polar surface area (TPSA) is 64.7 Å². The highest BCUT2D eigenvalue weighted by Crippen LogP contribution is 2.17. The minimum absolute atomic E-state index is 0.0814. The van der Waals surface area contributed by atoms with Gasteiger partial charge in [-0.25, -0.2) is 0 Å². The van der Waals surface area contributed by atoms with Crippen LogP contribution in [0.5, 0.6) is 0 Å². The number of piperazine rings is 1. The fraction of sp³-hybridized carbons (Fsp3) is 0.417. The summed E-state index contributed by atoms with van der Waals surface area (Å²) in [5, 5.41) is 5.87. The maximum atomic E-state index is 12.5. The zero-order valence-corrected chi connectivity index (χ0v) is 17.9. The van der Waals surface area contributed by atoms with E-state index in [1.54, 1.807) is 0 Å². The summed E-state index contributed by atoms with van der Waals surface area (Å²) >= 11 is 0. The fourth-order valence-electron chi connectivity index (χ4n) is 3.74. The lowest BCUT2D eigenvalue weighted by Gasteiger charge is -2.32. The van der Waals surface area contributed by atoms with Gasteiger partial charge in [-0.1, -0.05) is 54.6 Å². The van der Waals surface area contributed by atoms with E-state index in [0.29, 0.717) is 6.54 Å². The number of benzene rings is 2. The molecule has 160 valence electrons. The highest BCUT2D eigenvalue weighted by atomic mass is 16.2. The van der Waals surface area contributed by atoms with Crippen LogP contribution >= 0.6 is 0 Å². The van der Waals surface area contributed by atoms with E-state index in [1.165, 1.54) is 12.5 Å². The predicted octanol–water partition coefficient (Wildman–Crippen LogP) is 2.32. The van der Waals surface area contributed by atoms with Crippen molar-refractivity contribution in [2.45, 2.75) is 32.5 Å². The Balaban J connectivity index is 1.53. The molecule has 2 N–H and O–H groups in total. The van der Waals surface area contributed by atoms with Crippen LogP contribution in [0, 0.1) is 0 Å². The van der Waals surface area contributed by atoms with Gasteiger partial charge in [0.1, 0.15) is 0 Å². The maximum Gasteiger partial charge on any atom is 0.222 e. The van der Waals surface area contributed by atoms with Crippen LogP contribution in [-0.4, -0.2) is 54.8 Å². The zero-order valence-electron chi connectivity index (χ0n) is 17.9. The van der Waals surface area contributed by atoms with E-state index in [2.05, 4.69) is 45.7 Å². The lowest BCUT2D eigenvalue weighted by molar-refractivity contribution is -0.122. The van der Waals surface area contributed by atoms with E-state index < -0.39 is 0 Å². The Morgan fingerprint density at radius 1 is 0.967 bits per heavy atom. The van der Waals surface area contributed by atoms with Gasteiger partial charge >= 0.3 is 0 Å². The Morgan fingerprint density at radius 2 is 1.67 bits per heavy atom. The van der Waals surface area contributed by atoms with Crippen molar-refractivity contribution < 1.29 is 9.59 Å². The molecule has 1 aliphatic rings. The quantitative estimate of drug-likeness (QED) is 0.704. The van der Waals surface area contributed by atoms with E-state index in [4.69, 9.17) is 0 Å². The van der Waals surface area contributed by atoms with Gasteiger partial charge in [-0.05, 0) is 23.7 Å². The first-order valence-corrected chi connectivity index (χ1v) is 10.6. The number of likely N-dealkylation sites (N-methyl/N-ethyl adjacent to an activating group) is 1. The average molecular weight is 409 g/mol. The third-order valence-corrected chi connectivity index (χ3v) is 5.45. The molecule has 3 rings (SSSR count). The molecular formula is C24H32N4O2. The number of amides is 2. The van der Waals surface area contributed by atoms with Crippen LogP contribution in [0.4, 0.5) is 0 Å². The van der Waals surface area contributed by atoms with Crippen molar-refractivity contribution in [3.8, 4) is 0 Å². The van der Waals surface area contributed by atoms with Crippen molar-refractivity contribution in [3.63, 3.8) is 0 Å².